The lowest BCUT2D eigenvalue weighted by molar-refractivity contribution is -0.145. The minimum Gasteiger partial charge on any atom is -0.481 e. The Hall–Kier alpha value is -1.26. The highest BCUT2D eigenvalue weighted by atomic mass is 16.5. The molecule has 0 aromatic rings. The van der Waals surface area contributed by atoms with E-state index < -0.39 is 11.9 Å². The van der Waals surface area contributed by atoms with Crippen LogP contribution in [0.1, 0.15) is 26.7 Å². The first-order valence-corrected chi connectivity index (χ1v) is 7.73. The number of hydrogen-bond donors (Lipinski definition) is 3. The predicted octanol–water partition coefficient (Wildman–Crippen LogP) is 0.0712. The van der Waals surface area contributed by atoms with Crippen molar-refractivity contribution in [1.82, 2.24) is 0 Å². The Bertz CT molecular complexity index is 249. The Morgan fingerprint density at radius 1 is 0.792 bits per heavy atom. The van der Waals surface area contributed by atoms with Gasteiger partial charge in [0.15, 0.2) is 0 Å². The molecule has 0 rings (SSSR count). The van der Waals surface area contributed by atoms with Gasteiger partial charge in [0.05, 0.1) is 59.6 Å². The third-order valence-corrected chi connectivity index (χ3v) is 2.02. The summed E-state index contributed by atoms with van der Waals surface area (Å²) in [5.74, 6) is -1.47. The Morgan fingerprint density at radius 2 is 1.25 bits per heavy atom. The maximum absolute atomic E-state index is 10.2. The average molecular weight is 356 g/mol. The van der Waals surface area contributed by atoms with E-state index in [1.807, 2.05) is 13.8 Å². The van der Waals surface area contributed by atoms with Crippen molar-refractivity contribution in [2.75, 3.05) is 60.0 Å². The lowest BCUT2D eigenvalue weighted by atomic mass is 10.3. The summed E-state index contributed by atoms with van der Waals surface area (Å²) in [6.45, 7) is 7.39. The van der Waals surface area contributed by atoms with Crippen LogP contribution in [0.25, 0.3) is 0 Å². The number of aliphatic hydroxyl groups is 2. The second-order valence-corrected chi connectivity index (χ2v) is 3.92. The number of carboxylic acid groups (broad SMARTS) is 1. The van der Waals surface area contributed by atoms with E-state index >= 15 is 0 Å². The van der Waals surface area contributed by atoms with Crippen LogP contribution in [0.2, 0.25) is 0 Å². The third kappa shape index (κ3) is 37.2. The van der Waals surface area contributed by atoms with Crippen molar-refractivity contribution in [3.63, 3.8) is 0 Å². The molecule has 9 nitrogen and oxygen atoms in total. The highest BCUT2D eigenvalue weighted by Crippen LogP contribution is 1.89. The second kappa shape index (κ2) is 26.6. The van der Waals surface area contributed by atoms with Crippen LogP contribution in [-0.2, 0) is 28.5 Å². The van der Waals surface area contributed by atoms with Gasteiger partial charge < -0.3 is 34.3 Å². The van der Waals surface area contributed by atoms with E-state index in [0.29, 0.717) is 26.4 Å². The molecule has 9 heteroatoms. The largest absolute Gasteiger partial charge is 0.481 e. The zero-order chi connectivity index (χ0) is 19.1. The van der Waals surface area contributed by atoms with Crippen molar-refractivity contribution in [1.29, 1.82) is 0 Å². The van der Waals surface area contributed by atoms with Crippen molar-refractivity contribution in [3.05, 3.63) is 0 Å². The molecule has 0 aliphatic rings. The van der Waals surface area contributed by atoms with E-state index in [1.54, 1.807) is 0 Å². The van der Waals surface area contributed by atoms with Crippen molar-refractivity contribution < 1.29 is 43.9 Å². The number of hydrogen-bond acceptors (Lipinski definition) is 8. The fraction of sp³-hybridized carbons (Fsp3) is 0.867. The minimum atomic E-state index is -0.986. The van der Waals surface area contributed by atoms with Gasteiger partial charge in [-0.15, -0.1) is 0 Å². The fourth-order valence-corrected chi connectivity index (χ4v) is 0.966. The summed E-state index contributed by atoms with van der Waals surface area (Å²) < 4.78 is 18.8. The second-order valence-electron chi connectivity index (χ2n) is 3.92. The highest BCUT2D eigenvalue weighted by molar-refractivity contribution is 5.76. The molecular weight excluding hydrogens is 324 g/mol. The molecule has 0 fully saturated rings. The third-order valence-electron chi connectivity index (χ3n) is 2.02. The van der Waals surface area contributed by atoms with Gasteiger partial charge in [0.25, 0.3) is 0 Å². The van der Waals surface area contributed by atoms with Crippen LogP contribution >= 0.6 is 0 Å². The molecule has 0 saturated carbocycles. The lowest BCUT2D eigenvalue weighted by Crippen LogP contribution is -2.09. The predicted molar refractivity (Wildman–Crippen MR) is 86.9 cm³/mol. The standard InChI is InChI=1S/C6H14O4.C5H8O4.C4H10O/c7-1-3-9-5-6-10-4-2-8;1-9-5(8)3-2-4(6)7;1-3-5-4-2/h7-8H,1-6H2;2-3H2,1H3,(H,6,7);3-4H2,1-2H3. The zero-order valence-electron chi connectivity index (χ0n) is 14.9. The maximum atomic E-state index is 10.2. The number of carboxylic acids is 1. The van der Waals surface area contributed by atoms with Gasteiger partial charge in [-0.25, -0.2) is 0 Å². The normalized spacial score (nSPS) is 9.21. The van der Waals surface area contributed by atoms with Gasteiger partial charge in [-0.05, 0) is 13.8 Å². The molecule has 0 heterocycles. The number of aliphatic carboxylic acids is 1. The van der Waals surface area contributed by atoms with Crippen molar-refractivity contribution in [2.24, 2.45) is 0 Å². The topological polar surface area (TPSA) is 132 Å². The Balaban J connectivity index is -0.000000291. The number of carbonyl (C=O) groups excluding carboxylic acids is 1. The molecule has 0 amide bonds. The smallest absolute Gasteiger partial charge is 0.306 e. The molecule has 0 bridgehead atoms. The minimum absolute atomic E-state index is 0.0417. The van der Waals surface area contributed by atoms with Crippen LogP contribution in [0.5, 0.6) is 0 Å². The molecule has 0 aliphatic heterocycles. The molecule has 0 radical (unpaired) electrons. The Labute approximate surface area is 143 Å². The number of ether oxygens (including phenoxy) is 4. The molecule has 0 aliphatic carbocycles. The van der Waals surface area contributed by atoms with E-state index in [0.717, 1.165) is 13.2 Å². The molecular formula is C15H32O9. The molecule has 0 spiro atoms. The molecule has 0 aromatic heterocycles. The van der Waals surface area contributed by atoms with Crippen molar-refractivity contribution >= 4 is 11.9 Å². The SMILES string of the molecule is CCOCC.COC(=O)CCC(=O)O.OCCOCCOCCO. The molecule has 146 valence electrons. The Morgan fingerprint density at radius 3 is 1.50 bits per heavy atom. The van der Waals surface area contributed by atoms with E-state index in [2.05, 4.69) is 4.74 Å². The van der Waals surface area contributed by atoms with Gasteiger partial charge in [0.1, 0.15) is 0 Å². The van der Waals surface area contributed by atoms with Gasteiger partial charge >= 0.3 is 11.9 Å². The van der Waals surface area contributed by atoms with Crippen molar-refractivity contribution in [3.8, 4) is 0 Å². The summed E-state index contributed by atoms with van der Waals surface area (Å²) >= 11 is 0. The lowest BCUT2D eigenvalue weighted by Gasteiger charge is -2.01. The fourth-order valence-electron chi connectivity index (χ4n) is 0.966. The quantitative estimate of drug-likeness (QED) is 0.328. The molecule has 0 atom stereocenters. The van der Waals surface area contributed by atoms with Gasteiger partial charge in [-0.2, -0.15) is 0 Å². The summed E-state index contributed by atoms with van der Waals surface area (Å²) in [7, 11) is 1.23. The summed E-state index contributed by atoms with van der Waals surface area (Å²) in [6, 6.07) is 0. The van der Waals surface area contributed by atoms with E-state index in [9.17, 15) is 9.59 Å². The first kappa shape index (κ1) is 27.6. The van der Waals surface area contributed by atoms with Crippen LogP contribution in [0, 0.1) is 0 Å². The number of aliphatic hydroxyl groups excluding tert-OH is 2. The average Bonchev–Trinajstić information content (AvgIpc) is 2.57. The van der Waals surface area contributed by atoms with Crippen LogP contribution in [0.3, 0.4) is 0 Å². The van der Waals surface area contributed by atoms with Gasteiger partial charge in [-0.1, -0.05) is 0 Å². The molecule has 0 aromatic carbocycles. The summed E-state index contributed by atoms with van der Waals surface area (Å²) in [6.07, 6.45) is -0.210. The Kier molecular flexibility index (Phi) is 30.6. The van der Waals surface area contributed by atoms with Gasteiger partial charge in [-0.3, -0.25) is 9.59 Å². The number of methoxy groups -OCH3 is 1. The summed E-state index contributed by atoms with van der Waals surface area (Å²) in [4.78, 5) is 20.0. The molecule has 0 unspecified atom stereocenters. The van der Waals surface area contributed by atoms with E-state index in [4.69, 9.17) is 29.5 Å². The van der Waals surface area contributed by atoms with Crippen molar-refractivity contribution in [2.45, 2.75) is 26.7 Å². The van der Waals surface area contributed by atoms with Crippen LogP contribution in [0.4, 0.5) is 0 Å². The van der Waals surface area contributed by atoms with Crippen LogP contribution in [0.15, 0.2) is 0 Å². The van der Waals surface area contributed by atoms with Crippen LogP contribution < -0.4 is 0 Å². The first-order chi connectivity index (χ1) is 11.5. The first-order valence-electron chi connectivity index (χ1n) is 7.73. The summed E-state index contributed by atoms with van der Waals surface area (Å²) in [5, 5.41) is 24.6. The van der Waals surface area contributed by atoms with E-state index in [-0.39, 0.29) is 26.1 Å². The number of esters is 1. The van der Waals surface area contributed by atoms with E-state index in [1.165, 1.54) is 7.11 Å². The molecule has 3 N–H and O–H groups in total. The van der Waals surface area contributed by atoms with Crippen LogP contribution in [-0.4, -0.2) is 87.2 Å². The maximum Gasteiger partial charge on any atom is 0.306 e. The van der Waals surface area contributed by atoms with Gasteiger partial charge in [0, 0.05) is 13.2 Å². The summed E-state index contributed by atoms with van der Waals surface area (Å²) in [5.41, 5.74) is 0. The molecule has 24 heavy (non-hydrogen) atoms. The monoisotopic (exact) mass is 356 g/mol. The molecule has 0 saturated heterocycles. The highest BCUT2D eigenvalue weighted by Gasteiger charge is 2.02. The number of carbonyl (C=O) groups is 2. The number of rotatable bonds is 12. The zero-order valence-corrected chi connectivity index (χ0v) is 14.9. The van der Waals surface area contributed by atoms with Gasteiger partial charge in [0.2, 0.25) is 0 Å².